The van der Waals surface area contributed by atoms with Crippen LogP contribution in [0.25, 0.3) is 0 Å². The Morgan fingerprint density at radius 1 is 1.32 bits per heavy atom. The van der Waals surface area contributed by atoms with E-state index in [0.717, 1.165) is 0 Å². The first-order chi connectivity index (χ1) is 8.88. The summed E-state index contributed by atoms with van der Waals surface area (Å²) < 4.78 is 0. The number of likely N-dealkylation sites (N-methyl/N-ethyl adjacent to an activating group) is 2. The Kier molecular flexibility index (Phi) is 4.74. The molecule has 0 atom stereocenters. The Hall–Kier alpha value is -2.24. The monoisotopic (exact) mass is 265 g/mol. The van der Waals surface area contributed by atoms with Crippen LogP contribution in [0.1, 0.15) is 17.3 Å². The third kappa shape index (κ3) is 3.37. The van der Waals surface area contributed by atoms with Crippen molar-refractivity contribution in [3.05, 3.63) is 23.8 Å². The molecule has 0 saturated carbocycles. The maximum absolute atomic E-state index is 12.2. The molecule has 0 aliphatic heterocycles. The van der Waals surface area contributed by atoms with E-state index in [-0.39, 0.29) is 29.5 Å². The molecule has 0 aliphatic rings. The van der Waals surface area contributed by atoms with Crippen molar-refractivity contribution in [1.29, 1.82) is 0 Å². The third-order valence-electron chi connectivity index (χ3n) is 2.79. The predicted molar refractivity (Wildman–Crippen MR) is 72.8 cm³/mol. The highest BCUT2D eigenvalue weighted by Gasteiger charge is 2.21. The van der Waals surface area contributed by atoms with E-state index in [1.807, 2.05) is 0 Å². The van der Waals surface area contributed by atoms with Gasteiger partial charge in [0.25, 0.3) is 5.91 Å². The molecule has 0 radical (unpaired) electrons. The van der Waals surface area contributed by atoms with Gasteiger partial charge in [-0.2, -0.15) is 0 Å². The van der Waals surface area contributed by atoms with E-state index in [2.05, 4.69) is 0 Å². The van der Waals surface area contributed by atoms with E-state index >= 15 is 0 Å². The Morgan fingerprint density at radius 3 is 2.47 bits per heavy atom. The Morgan fingerprint density at radius 2 is 1.95 bits per heavy atom. The molecule has 0 unspecified atom stereocenters. The lowest BCUT2D eigenvalue weighted by atomic mass is 10.1. The van der Waals surface area contributed by atoms with E-state index in [1.165, 1.54) is 21.9 Å². The van der Waals surface area contributed by atoms with Gasteiger partial charge in [0, 0.05) is 20.6 Å². The number of nitrogens with two attached hydrogens (primary N) is 1. The van der Waals surface area contributed by atoms with Crippen molar-refractivity contribution >= 4 is 17.5 Å². The SMILES string of the molecule is CCN(CC(=O)N(C)C)C(=O)c1cccc(N)c1O. The maximum Gasteiger partial charge on any atom is 0.258 e. The molecule has 0 bridgehead atoms. The van der Waals surface area contributed by atoms with E-state index in [9.17, 15) is 14.7 Å². The van der Waals surface area contributed by atoms with Gasteiger partial charge in [0.1, 0.15) is 0 Å². The number of phenols is 1. The molecule has 1 aromatic carbocycles. The summed E-state index contributed by atoms with van der Waals surface area (Å²) in [6, 6.07) is 4.58. The molecule has 1 rings (SSSR count). The highest BCUT2D eigenvalue weighted by atomic mass is 16.3. The molecule has 2 amide bonds. The minimum atomic E-state index is -0.414. The molecule has 3 N–H and O–H groups in total. The van der Waals surface area contributed by atoms with Crippen LogP contribution in [-0.2, 0) is 4.79 Å². The minimum Gasteiger partial charge on any atom is -0.505 e. The summed E-state index contributed by atoms with van der Waals surface area (Å²) in [6.07, 6.45) is 0. The summed E-state index contributed by atoms with van der Waals surface area (Å²) in [7, 11) is 3.25. The number of amides is 2. The number of rotatable bonds is 4. The summed E-state index contributed by atoms with van der Waals surface area (Å²) in [4.78, 5) is 26.7. The quantitative estimate of drug-likeness (QED) is 0.614. The molecule has 6 nitrogen and oxygen atoms in total. The van der Waals surface area contributed by atoms with Crippen molar-refractivity contribution in [3.63, 3.8) is 0 Å². The van der Waals surface area contributed by atoms with Crippen LogP contribution in [0.2, 0.25) is 0 Å². The molecule has 6 heteroatoms. The fourth-order valence-corrected chi connectivity index (χ4v) is 1.54. The number of phenolic OH excluding ortho intramolecular Hbond substituents is 1. The summed E-state index contributed by atoms with van der Waals surface area (Å²) >= 11 is 0. The highest BCUT2D eigenvalue weighted by molar-refractivity contribution is 6.00. The van der Waals surface area contributed by atoms with Crippen LogP contribution >= 0.6 is 0 Å². The number of nitrogens with zero attached hydrogens (tertiary/aromatic N) is 2. The number of nitrogen functional groups attached to an aromatic ring is 1. The van der Waals surface area contributed by atoms with Crippen LogP contribution in [0.5, 0.6) is 5.75 Å². The lowest BCUT2D eigenvalue weighted by molar-refractivity contribution is -0.129. The van der Waals surface area contributed by atoms with Crippen LogP contribution in [0.3, 0.4) is 0 Å². The number of hydrogen-bond acceptors (Lipinski definition) is 4. The molecular formula is C13H19N3O3. The lowest BCUT2D eigenvalue weighted by Crippen LogP contribution is -2.40. The Bertz CT molecular complexity index is 486. The van der Waals surface area contributed by atoms with Crippen molar-refractivity contribution in [2.75, 3.05) is 32.9 Å². The Balaban J connectivity index is 2.96. The van der Waals surface area contributed by atoms with Gasteiger partial charge in [-0.1, -0.05) is 6.07 Å². The van der Waals surface area contributed by atoms with Gasteiger partial charge in [-0.15, -0.1) is 0 Å². The van der Waals surface area contributed by atoms with Crippen LogP contribution < -0.4 is 5.73 Å². The van der Waals surface area contributed by atoms with E-state index in [4.69, 9.17) is 5.73 Å². The van der Waals surface area contributed by atoms with Gasteiger partial charge in [0.2, 0.25) is 5.91 Å². The number of carbonyl (C=O) groups excluding carboxylic acids is 2. The standard InChI is InChI=1S/C13H19N3O3/c1-4-16(8-11(17)15(2)3)13(19)9-6-5-7-10(14)12(9)18/h5-7,18H,4,8,14H2,1-3H3. The number of benzene rings is 1. The zero-order chi connectivity index (χ0) is 14.6. The maximum atomic E-state index is 12.2. The molecule has 19 heavy (non-hydrogen) atoms. The van der Waals surface area contributed by atoms with Crippen LogP contribution in [0, 0.1) is 0 Å². The first-order valence-electron chi connectivity index (χ1n) is 5.95. The van der Waals surface area contributed by atoms with Gasteiger partial charge >= 0.3 is 0 Å². The smallest absolute Gasteiger partial charge is 0.258 e. The summed E-state index contributed by atoms with van der Waals surface area (Å²) in [5, 5.41) is 9.79. The first kappa shape index (κ1) is 14.8. The summed E-state index contributed by atoms with van der Waals surface area (Å²) in [5.41, 5.74) is 5.80. The average molecular weight is 265 g/mol. The minimum absolute atomic E-state index is 0.0312. The van der Waals surface area contributed by atoms with Crippen molar-refractivity contribution in [2.45, 2.75) is 6.92 Å². The van der Waals surface area contributed by atoms with Crippen molar-refractivity contribution in [1.82, 2.24) is 9.80 Å². The molecule has 0 aromatic heterocycles. The van der Waals surface area contributed by atoms with E-state index in [1.54, 1.807) is 27.1 Å². The van der Waals surface area contributed by atoms with Crippen LogP contribution in [0.15, 0.2) is 18.2 Å². The zero-order valence-corrected chi connectivity index (χ0v) is 11.4. The van der Waals surface area contributed by atoms with Crippen molar-refractivity contribution in [2.24, 2.45) is 0 Å². The fourth-order valence-electron chi connectivity index (χ4n) is 1.54. The molecule has 1 aromatic rings. The second-order valence-electron chi connectivity index (χ2n) is 4.35. The number of anilines is 1. The number of hydrogen-bond donors (Lipinski definition) is 2. The van der Waals surface area contributed by atoms with E-state index in [0.29, 0.717) is 6.54 Å². The van der Waals surface area contributed by atoms with Crippen LogP contribution in [0.4, 0.5) is 5.69 Å². The topological polar surface area (TPSA) is 86.9 Å². The van der Waals surface area contributed by atoms with Gasteiger partial charge in [-0.05, 0) is 19.1 Å². The van der Waals surface area contributed by atoms with Gasteiger partial charge < -0.3 is 20.6 Å². The van der Waals surface area contributed by atoms with Crippen molar-refractivity contribution in [3.8, 4) is 5.75 Å². The van der Waals surface area contributed by atoms with Gasteiger partial charge in [0.15, 0.2) is 5.75 Å². The van der Waals surface area contributed by atoms with Gasteiger partial charge in [-0.3, -0.25) is 9.59 Å². The fraction of sp³-hybridized carbons (Fsp3) is 0.385. The predicted octanol–water partition coefficient (Wildman–Crippen LogP) is 0.525. The molecule has 0 heterocycles. The first-order valence-corrected chi connectivity index (χ1v) is 5.95. The highest BCUT2D eigenvalue weighted by Crippen LogP contribution is 2.25. The second-order valence-corrected chi connectivity index (χ2v) is 4.35. The largest absolute Gasteiger partial charge is 0.505 e. The summed E-state index contributed by atoms with van der Waals surface area (Å²) in [6.45, 7) is 2.10. The zero-order valence-electron chi connectivity index (χ0n) is 11.4. The third-order valence-corrected chi connectivity index (χ3v) is 2.79. The Labute approximate surface area is 112 Å². The van der Waals surface area contributed by atoms with E-state index < -0.39 is 5.91 Å². The normalized spacial score (nSPS) is 10.1. The number of aromatic hydroxyl groups is 1. The van der Waals surface area contributed by atoms with Gasteiger partial charge in [0.05, 0.1) is 17.8 Å². The second kappa shape index (κ2) is 6.08. The van der Waals surface area contributed by atoms with Gasteiger partial charge in [-0.25, -0.2) is 0 Å². The number of para-hydroxylation sites is 1. The molecule has 0 spiro atoms. The number of carbonyl (C=O) groups is 2. The molecule has 0 saturated heterocycles. The molecule has 104 valence electrons. The molecular weight excluding hydrogens is 246 g/mol. The lowest BCUT2D eigenvalue weighted by Gasteiger charge is -2.22. The molecule has 0 fully saturated rings. The van der Waals surface area contributed by atoms with Crippen LogP contribution in [-0.4, -0.2) is 53.9 Å². The van der Waals surface area contributed by atoms with Crippen molar-refractivity contribution < 1.29 is 14.7 Å². The summed E-state index contributed by atoms with van der Waals surface area (Å²) in [5.74, 6) is -0.843. The molecule has 0 aliphatic carbocycles. The average Bonchev–Trinajstić information content (AvgIpc) is 2.38.